The van der Waals surface area contributed by atoms with Crippen molar-refractivity contribution in [3.63, 3.8) is 0 Å². The number of Topliss-reactive ketones (excluding diaryl/α,β-unsaturated/α-hetero) is 1. The number of carbonyl (C=O) groups is 1. The number of nitrogens with zero attached hydrogens (tertiary/aromatic N) is 2. The zero-order chi connectivity index (χ0) is 16.4. The molecule has 0 N–H and O–H groups in total. The van der Waals surface area contributed by atoms with Crippen LogP contribution in [0.4, 0.5) is 5.69 Å². The van der Waals surface area contributed by atoms with Crippen LogP contribution >= 0.6 is 0 Å². The first-order chi connectivity index (χ1) is 11.1. The number of methoxy groups -OCH3 is 1. The molecule has 5 heteroatoms. The number of benzene rings is 2. The largest absolute Gasteiger partial charge is 0.497 e. The molecule has 1 aliphatic heterocycles. The number of rotatable bonds is 4. The summed E-state index contributed by atoms with van der Waals surface area (Å²) in [5, 5.41) is 4.17. The smallest absolute Gasteiger partial charge is 0.271 e. The lowest BCUT2D eigenvalue weighted by molar-refractivity contribution is -0.136. The van der Waals surface area contributed by atoms with Crippen LogP contribution < -0.4 is 9.64 Å². The van der Waals surface area contributed by atoms with Gasteiger partial charge in [0.05, 0.1) is 7.11 Å². The number of amidine groups is 1. The first-order valence-corrected chi connectivity index (χ1v) is 7.33. The molecule has 2 aromatic carbocycles. The average molecular weight is 310 g/mol. The molecule has 23 heavy (non-hydrogen) atoms. The molecule has 0 aliphatic carbocycles. The van der Waals surface area contributed by atoms with Crippen molar-refractivity contribution >= 4 is 17.3 Å². The Bertz CT molecular complexity index is 741. The predicted molar refractivity (Wildman–Crippen MR) is 88.6 cm³/mol. The Morgan fingerprint density at radius 3 is 2.35 bits per heavy atom. The van der Waals surface area contributed by atoms with Gasteiger partial charge in [-0.2, -0.15) is 0 Å². The molecule has 0 fully saturated rings. The van der Waals surface area contributed by atoms with Gasteiger partial charge in [-0.25, -0.2) is 0 Å². The number of anilines is 1. The summed E-state index contributed by atoms with van der Waals surface area (Å²) in [6.07, 6.45) is 0. The fourth-order valence-electron chi connectivity index (χ4n) is 2.51. The van der Waals surface area contributed by atoms with Crippen LogP contribution in [0.2, 0.25) is 0 Å². The maximum absolute atomic E-state index is 12.2. The first kappa shape index (κ1) is 15.1. The molecule has 0 saturated carbocycles. The lowest BCUT2D eigenvalue weighted by Crippen LogP contribution is -2.51. The lowest BCUT2D eigenvalue weighted by atomic mass is 10.1. The van der Waals surface area contributed by atoms with Gasteiger partial charge in [0.25, 0.3) is 5.72 Å². The van der Waals surface area contributed by atoms with E-state index in [-0.39, 0.29) is 5.78 Å². The molecule has 5 nitrogen and oxygen atoms in total. The van der Waals surface area contributed by atoms with Gasteiger partial charge in [0.1, 0.15) is 5.75 Å². The summed E-state index contributed by atoms with van der Waals surface area (Å²) in [6.45, 7) is 3.22. The Labute approximate surface area is 135 Å². The van der Waals surface area contributed by atoms with Gasteiger partial charge in [-0.15, -0.1) is 0 Å². The molecule has 3 rings (SSSR count). The van der Waals surface area contributed by atoms with Crippen LogP contribution in [0.15, 0.2) is 59.8 Å². The summed E-state index contributed by atoms with van der Waals surface area (Å²) in [6, 6.07) is 17.1. The van der Waals surface area contributed by atoms with Crippen LogP contribution in [0.1, 0.15) is 19.4 Å². The summed E-state index contributed by atoms with van der Waals surface area (Å²) in [4.78, 5) is 19.5. The Kier molecular flexibility index (Phi) is 3.78. The molecular weight excluding hydrogens is 292 g/mol. The topological polar surface area (TPSA) is 51.1 Å². The summed E-state index contributed by atoms with van der Waals surface area (Å²) in [5.41, 5.74) is 0.525. The van der Waals surface area contributed by atoms with Gasteiger partial charge in [-0.1, -0.05) is 35.5 Å². The highest BCUT2D eigenvalue weighted by Gasteiger charge is 2.47. The zero-order valence-corrected chi connectivity index (χ0v) is 13.3. The highest BCUT2D eigenvalue weighted by molar-refractivity contribution is 6.14. The highest BCUT2D eigenvalue weighted by atomic mass is 16.7. The molecule has 0 saturated heterocycles. The molecule has 1 heterocycles. The third-order valence-corrected chi connectivity index (χ3v) is 3.96. The van der Waals surface area contributed by atoms with Gasteiger partial charge < -0.3 is 9.57 Å². The van der Waals surface area contributed by atoms with E-state index in [1.165, 1.54) is 6.92 Å². The summed E-state index contributed by atoms with van der Waals surface area (Å²) in [7, 11) is 1.62. The summed E-state index contributed by atoms with van der Waals surface area (Å²) >= 11 is 0. The molecular formula is C18H18N2O3. The Hall–Kier alpha value is -2.82. The fourth-order valence-corrected chi connectivity index (χ4v) is 2.51. The maximum Gasteiger partial charge on any atom is 0.271 e. The number of ether oxygens (including phenoxy) is 1. The summed E-state index contributed by atoms with van der Waals surface area (Å²) in [5.74, 6) is 1.23. The van der Waals surface area contributed by atoms with Gasteiger partial charge in [-0.05, 0) is 24.3 Å². The van der Waals surface area contributed by atoms with E-state index in [0.29, 0.717) is 5.84 Å². The highest BCUT2D eigenvalue weighted by Crippen LogP contribution is 2.34. The standard InChI is InChI=1S/C18H18N2O3/c1-13(21)18(2)20(15-9-11-16(22-3)12-10-15)17(19-23-18)14-7-5-4-6-8-14/h4-12H,1-3H3. The second-order valence-electron chi connectivity index (χ2n) is 5.44. The molecule has 0 spiro atoms. The molecule has 0 amide bonds. The van der Waals surface area contributed by atoms with E-state index in [1.54, 1.807) is 14.0 Å². The van der Waals surface area contributed by atoms with Crippen LogP contribution in [-0.2, 0) is 9.63 Å². The van der Waals surface area contributed by atoms with Gasteiger partial charge >= 0.3 is 0 Å². The number of hydrogen-bond donors (Lipinski definition) is 0. The minimum absolute atomic E-state index is 0.122. The number of ketones is 1. The monoisotopic (exact) mass is 310 g/mol. The van der Waals surface area contributed by atoms with Gasteiger partial charge in [0, 0.05) is 25.1 Å². The minimum atomic E-state index is -1.17. The van der Waals surface area contributed by atoms with Crippen molar-refractivity contribution in [2.45, 2.75) is 19.6 Å². The van der Waals surface area contributed by atoms with E-state index < -0.39 is 5.72 Å². The average Bonchev–Trinajstić information content (AvgIpc) is 2.95. The van der Waals surface area contributed by atoms with Crippen molar-refractivity contribution in [1.29, 1.82) is 0 Å². The third-order valence-electron chi connectivity index (χ3n) is 3.96. The van der Waals surface area contributed by atoms with Gasteiger partial charge in [0.2, 0.25) is 0 Å². The summed E-state index contributed by atoms with van der Waals surface area (Å²) < 4.78 is 5.20. The normalized spacial score (nSPS) is 20.0. The van der Waals surface area contributed by atoms with Crippen LogP contribution in [0.25, 0.3) is 0 Å². The van der Waals surface area contributed by atoms with Crippen molar-refractivity contribution in [3.05, 3.63) is 60.2 Å². The first-order valence-electron chi connectivity index (χ1n) is 7.33. The van der Waals surface area contributed by atoms with Crippen molar-refractivity contribution in [2.24, 2.45) is 5.16 Å². The zero-order valence-electron chi connectivity index (χ0n) is 13.3. The van der Waals surface area contributed by atoms with E-state index in [4.69, 9.17) is 9.57 Å². The van der Waals surface area contributed by atoms with E-state index in [0.717, 1.165) is 17.0 Å². The maximum atomic E-state index is 12.2. The molecule has 0 bridgehead atoms. The van der Waals surface area contributed by atoms with Crippen molar-refractivity contribution in [3.8, 4) is 5.75 Å². The quantitative estimate of drug-likeness (QED) is 0.870. The Morgan fingerprint density at radius 1 is 1.13 bits per heavy atom. The number of hydrogen-bond acceptors (Lipinski definition) is 5. The van der Waals surface area contributed by atoms with Crippen molar-refractivity contribution in [1.82, 2.24) is 0 Å². The lowest BCUT2D eigenvalue weighted by Gasteiger charge is -2.32. The Balaban J connectivity index is 2.08. The van der Waals surface area contributed by atoms with E-state index in [9.17, 15) is 4.79 Å². The van der Waals surface area contributed by atoms with Crippen LogP contribution in [0.3, 0.4) is 0 Å². The molecule has 2 aromatic rings. The second-order valence-corrected chi connectivity index (χ2v) is 5.44. The third kappa shape index (κ3) is 2.54. The minimum Gasteiger partial charge on any atom is -0.497 e. The number of oxime groups is 1. The van der Waals surface area contributed by atoms with Crippen molar-refractivity contribution < 1.29 is 14.4 Å². The molecule has 1 aliphatic rings. The second kappa shape index (κ2) is 5.76. The molecule has 118 valence electrons. The van der Waals surface area contributed by atoms with Crippen molar-refractivity contribution in [2.75, 3.05) is 12.0 Å². The van der Waals surface area contributed by atoms with Crippen LogP contribution in [-0.4, -0.2) is 24.5 Å². The van der Waals surface area contributed by atoms with E-state index in [1.807, 2.05) is 59.5 Å². The van der Waals surface area contributed by atoms with Crippen LogP contribution in [0.5, 0.6) is 5.75 Å². The molecule has 1 atom stereocenters. The number of carbonyl (C=O) groups excluding carboxylic acids is 1. The van der Waals surface area contributed by atoms with Gasteiger partial charge in [0.15, 0.2) is 11.6 Å². The molecule has 1 unspecified atom stereocenters. The van der Waals surface area contributed by atoms with Gasteiger partial charge in [-0.3, -0.25) is 9.69 Å². The van der Waals surface area contributed by atoms with E-state index in [2.05, 4.69) is 5.16 Å². The van der Waals surface area contributed by atoms with E-state index >= 15 is 0 Å². The SMILES string of the molecule is COc1ccc(N2C(c3ccccc3)=NOC2(C)C(C)=O)cc1. The fraction of sp³-hybridized carbons (Fsp3) is 0.222. The predicted octanol–water partition coefficient (Wildman–Crippen LogP) is 3.20. The molecule has 0 radical (unpaired) electrons. The Morgan fingerprint density at radius 2 is 1.78 bits per heavy atom. The van der Waals surface area contributed by atoms with Crippen LogP contribution in [0, 0.1) is 0 Å². The molecule has 0 aromatic heterocycles.